The molecule has 0 aliphatic carbocycles. The molecule has 2 rings (SSSR count). The predicted octanol–water partition coefficient (Wildman–Crippen LogP) is 1.56. The number of nitrogens with zero attached hydrogens (tertiary/aromatic N) is 4. The Bertz CT molecular complexity index is 1050. The van der Waals surface area contributed by atoms with Crippen LogP contribution >= 0.6 is 24.4 Å². The van der Waals surface area contributed by atoms with Gasteiger partial charge in [0.25, 0.3) is 5.91 Å². The largest absolute Gasteiger partial charge is 0.364 e. The normalized spacial score (nSPS) is 10.9. The zero-order valence-electron chi connectivity index (χ0n) is 18.2. The van der Waals surface area contributed by atoms with Crippen molar-refractivity contribution in [3.63, 3.8) is 0 Å². The van der Waals surface area contributed by atoms with Crippen LogP contribution in [0.3, 0.4) is 0 Å². The lowest BCUT2D eigenvalue weighted by Crippen LogP contribution is -2.55. The van der Waals surface area contributed by atoms with Crippen LogP contribution in [0.25, 0.3) is 0 Å². The van der Waals surface area contributed by atoms with Gasteiger partial charge in [0, 0.05) is 28.2 Å². The standard InChI is InChI=1S/C20H26N6O3S3/c1-21-19(30)26(17-13-9-6-10-14-17)24(4)32(28,29)15-18(27)22-25(20(31)23(2)3)16-11-7-5-8-12-16/h5-14H,15H2,1-4H3,(H,21,30)(H,22,27). The summed E-state index contributed by atoms with van der Waals surface area (Å²) in [5.74, 6) is -1.58. The van der Waals surface area contributed by atoms with E-state index >= 15 is 0 Å². The van der Waals surface area contributed by atoms with E-state index in [1.54, 1.807) is 80.6 Å². The van der Waals surface area contributed by atoms with E-state index < -0.39 is 21.7 Å². The first-order valence-corrected chi connectivity index (χ1v) is 11.9. The molecule has 0 aromatic heterocycles. The number of carbonyl (C=O) groups is 1. The topological polar surface area (TPSA) is 88.2 Å². The van der Waals surface area contributed by atoms with Crippen LogP contribution in [0.2, 0.25) is 0 Å². The summed E-state index contributed by atoms with van der Waals surface area (Å²) in [6.45, 7) is 0. The molecule has 9 nitrogen and oxygen atoms in total. The second-order valence-corrected chi connectivity index (χ2v) is 9.51. The maximum Gasteiger partial charge on any atom is 0.255 e. The molecular formula is C20H26N6O3S3. The second-order valence-electron chi connectivity index (χ2n) is 6.78. The smallest absolute Gasteiger partial charge is 0.255 e. The van der Waals surface area contributed by atoms with Crippen LogP contribution in [-0.4, -0.2) is 67.8 Å². The van der Waals surface area contributed by atoms with Gasteiger partial charge in [0.1, 0.15) is 5.75 Å². The number of anilines is 2. The highest BCUT2D eigenvalue weighted by atomic mass is 32.2. The van der Waals surface area contributed by atoms with Gasteiger partial charge in [-0.15, -0.1) is 4.41 Å². The minimum absolute atomic E-state index is 0.155. The SMILES string of the molecule is CNC(=S)N(c1ccccc1)N(C)S(=O)(=O)CC(=O)NN(C(=S)N(C)C)c1ccccc1. The third-order valence-corrected chi connectivity index (χ3v) is 6.75. The van der Waals surface area contributed by atoms with Crippen molar-refractivity contribution in [1.82, 2.24) is 20.1 Å². The Morgan fingerprint density at radius 2 is 1.41 bits per heavy atom. The van der Waals surface area contributed by atoms with Gasteiger partial charge in [-0.05, 0) is 48.7 Å². The van der Waals surface area contributed by atoms with E-state index in [2.05, 4.69) is 10.7 Å². The Morgan fingerprint density at radius 1 is 0.906 bits per heavy atom. The summed E-state index contributed by atoms with van der Waals surface area (Å²) in [6, 6.07) is 17.6. The van der Waals surface area contributed by atoms with E-state index in [1.807, 2.05) is 6.07 Å². The molecule has 1 amide bonds. The fraction of sp³-hybridized carbons (Fsp3) is 0.250. The first-order chi connectivity index (χ1) is 15.1. The summed E-state index contributed by atoms with van der Waals surface area (Å²) in [7, 11) is 2.28. The lowest BCUT2D eigenvalue weighted by molar-refractivity contribution is -0.118. The molecule has 172 valence electrons. The van der Waals surface area contributed by atoms with Crippen LogP contribution in [-0.2, 0) is 14.8 Å². The fourth-order valence-corrected chi connectivity index (χ4v) is 4.06. The number of nitrogens with one attached hydrogen (secondary N) is 2. The Labute approximate surface area is 199 Å². The van der Waals surface area contributed by atoms with Crippen molar-refractivity contribution in [2.24, 2.45) is 0 Å². The highest BCUT2D eigenvalue weighted by Gasteiger charge is 2.30. The Kier molecular flexibility index (Phi) is 8.89. The molecule has 0 saturated carbocycles. The summed E-state index contributed by atoms with van der Waals surface area (Å²) < 4.78 is 27.1. The van der Waals surface area contributed by atoms with E-state index in [0.29, 0.717) is 11.4 Å². The average molecular weight is 495 g/mol. The van der Waals surface area contributed by atoms with Gasteiger partial charge in [0.15, 0.2) is 10.2 Å². The molecule has 0 saturated heterocycles. The summed E-state index contributed by atoms with van der Waals surface area (Å²) >= 11 is 10.7. The molecule has 0 unspecified atom stereocenters. The van der Waals surface area contributed by atoms with Gasteiger partial charge in [0.2, 0.25) is 10.0 Å². The Hall–Kier alpha value is -2.80. The molecule has 32 heavy (non-hydrogen) atoms. The van der Waals surface area contributed by atoms with Crippen molar-refractivity contribution < 1.29 is 13.2 Å². The van der Waals surface area contributed by atoms with Gasteiger partial charge in [-0.3, -0.25) is 10.2 Å². The van der Waals surface area contributed by atoms with Crippen molar-refractivity contribution in [1.29, 1.82) is 0 Å². The van der Waals surface area contributed by atoms with Gasteiger partial charge in [0.05, 0.1) is 11.4 Å². The number of hydrogen-bond donors (Lipinski definition) is 2. The quantitative estimate of drug-likeness (QED) is 0.459. The van der Waals surface area contributed by atoms with Gasteiger partial charge in [-0.2, -0.15) is 0 Å². The molecule has 0 heterocycles. The van der Waals surface area contributed by atoms with E-state index in [-0.39, 0.29) is 10.2 Å². The Morgan fingerprint density at radius 3 is 1.88 bits per heavy atom. The second kappa shape index (κ2) is 11.2. The molecule has 2 aromatic carbocycles. The van der Waals surface area contributed by atoms with Gasteiger partial charge in [-0.25, -0.2) is 18.4 Å². The first-order valence-electron chi connectivity index (χ1n) is 9.48. The van der Waals surface area contributed by atoms with Gasteiger partial charge in [-0.1, -0.05) is 36.4 Å². The van der Waals surface area contributed by atoms with Crippen LogP contribution in [0.5, 0.6) is 0 Å². The number of carbonyl (C=O) groups excluding carboxylic acids is 1. The number of hydrazine groups is 2. The molecule has 2 N–H and O–H groups in total. The van der Waals surface area contributed by atoms with Crippen molar-refractivity contribution in [2.45, 2.75) is 0 Å². The van der Waals surface area contributed by atoms with Crippen LogP contribution in [0.4, 0.5) is 11.4 Å². The molecular weight excluding hydrogens is 468 g/mol. The van der Waals surface area contributed by atoms with Gasteiger partial charge < -0.3 is 10.2 Å². The van der Waals surface area contributed by atoms with E-state index in [9.17, 15) is 13.2 Å². The summed E-state index contributed by atoms with van der Waals surface area (Å²) in [5.41, 5.74) is 3.70. The molecule has 0 atom stereocenters. The van der Waals surface area contributed by atoms with E-state index in [4.69, 9.17) is 24.4 Å². The third kappa shape index (κ3) is 6.36. The number of rotatable bonds is 6. The molecule has 0 aliphatic heterocycles. The number of benzene rings is 2. The lowest BCUT2D eigenvalue weighted by atomic mass is 10.3. The molecule has 0 spiro atoms. The predicted molar refractivity (Wildman–Crippen MR) is 135 cm³/mol. The summed E-state index contributed by atoms with van der Waals surface area (Å²) in [5, 5.41) is 5.88. The molecule has 12 heteroatoms. The monoisotopic (exact) mass is 494 g/mol. The van der Waals surface area contributed by atoms with E-state index in [0.717, 1.165) is 4.41 Å². The van der Waals surface area contributed by atoms with E-state index in [1.165, 1.54) is 17.1 Å². The summed E-state index contributed by atoms with van der Waals surface area (Å²) in [4.78, 5) is 14.4. The highest BCUT2D eigenvalue weighted by molar-refractivity contribution is 7.90. The molecule has 2 aromatic rings. The van der Waals surface area contributed by atoms with Crippen LogP contribution in [0.1, 0.15) is 0 Å². The zero-order chi connectivity index (χ0) is 23.9. The minimum Gasteiger partial charge on any atom is -0.364 e. The van der Waals surface area contributed by atoms with Crippen molar-refractivity contribution in [2.75, 3.05) is 44.0 Å². The molecule has 0 fully saturated rings. The molecule has 0 radical (unpaired) electrons. The average Bonchev–Trinajstić information content (AvgIpc) is 2.77. The highest BCUT2D eigenvalue weighted by Crippen LogP contribution is 2.18. The number of hydrogen-bond acceptors (Lipinski definition) is 5. The third-order valence-electron chi connectivity index (χ3n) is 4.23. The zero-order valence-corrected chi connectivity index (χ0v) is 20.7. The number of thiocarbonyl (C=S) groups is 2. The maximum absolute atomic E-state index is 13.1. The number of amides is 1. The van der Waals surface area contributed by atoms with Gasteiger partial charge >= 0.3 is 0 Å². The Balaban J connectivity index is 2.25. The van der Waals surface area contributed by atoms with Crippen molar-refractivity contribution in [3.8, 4) is 0 Å². The summed E-state index contributed by atoms with van der Waals surface area (Å²) in [6.07, 6.45) is 0. The molecule has 0 bridgehead atoms. The maximum atomic E-state index is 13.1. The van der Waals surface area contributed by atoms with Crippen molar-refractivity contribution in [3.05, 3.63) is 60.7 Å². The van der Waals surface area contributed by atoms with Crippen LogP contribution < -0.4 is 20.8 Å². The fourth-order valence-electron chi connectivity index (χ4n) is 2.62. The minimum atomic E-state index is -4.10. The van der Waals surface area contributed by atoms with Crippen LogP contribution in [0.15, 0.2) is 60.7 Å². The molecule has 0 aliphatic rings. The number of sulfonamides is 1. The van der Waals surface area contributed by atoms with Crippen molar-refractivity contribution >= 4 is 62.0 Å². The first kappa shape index (κ1) is 25.5. The lowest BCUT2D eigenvalue weighted by Gasteiger charge is -2.33. The number of para-hydroxylation sites is 2. The van der Waals surface area contributed by atoms with Crippen LogP contribution in [0, 0.1) is 0 Å².